The molecule has 0 spiro atoms. The van der Waals surface area contributed by atoms with Crippen LogP contribution in [0.2, 0.25) is 0 Å². The highest BCUT2D eigenvalue weighted by molar-refractivity contribution is 7.10. The summed E-state index contributed by atoms with van der Waals surface area (Å²) in [7, 11) is 1.96. The lowest BCUT2D eigenvalue weighted by molar-refractivity contribution is -0.160. The molecule has 0 radical (unpaired) electrons. The molecule has 0 aliphatic rings. The maximum absolute atomic E-state index is 13.2. The Kier molecular flexibility index (Phi) is 33.6. The van der Waals surface area contributed by atoms with Gasteiger partial charge in [-0.05, 0) is 89.9 Å². The van der Waals surface area contributed by atoms with Crippen molar-refractivity contribution in [1.29, 1.82) is 0 Å². The molecule has 0 heterocycles. The predicted octanol–water partition coefficient (Wildman–Crippen LogP) is 11.3. The Bertz CT molecular complexity index is 972. The van der Waals surface area contributed by atoms with E-state index in [0.717, 1.165) is 38.5 Å². The number of carbonyl (C=O) groups is 2. The third-order valence-corrected chi connectivity index (χ3v) is 8.49. The van der Waals surface area contributed by atoms with Crippen LogP contribution in [-0.4, -0.2) is 40.1 Å². The van der Waals surface area contributed by atoms with Crippen LogP contribution >= 0.6 is 9.47 Å². The SMILES string of the molecule is CCCCCC=CCC=CCC=CCC=CCCCC(=O)C(OP)(C(=O)CCCC=CCC=CCC=CCC=CCCCCC)C(O)CO. The van der Waals surface area contributed by atoms with Crippen LogP contribution < -0.4 is 0 Å². The summed E-state index contributed by atoms with van der Waals surface area (Å²) in [6, 6.07) is 0. The summed E-state index contributed by atoms with van der Waals surface area (Å²) in [5, 5.41) is 20.2. The summed E-state index contributed by atoms with van der Waals surface area (Å²) in [4.78, 5) is 26.3. The maximum Gasteiger partial charge on any atom is 0.215 e. The Balaban J connectivity index is 4.40. The van der Waals surface area contributed by atoms with Crippen LogP contribution in [0.15, 0.2) is 97.2 Å². The van der Waals surface area contributed by atoms with Gasteiger partial charge in [0.1, 0.15) is 6.10 Å². The number of unbranched alkanes of at least 4 members (excludes halogenated alkanes) is 8. The van der Waals surface area contributed by atoms with Crippen LogP contribution in [0.25, 0.3) is 0 Å². The summed E-state index contributed by atoms with van der Waals surface area (Å²) in [6.07, 6.45) is 50.8. The molecule has 0 fully saturated rings. The summed E-state index contributed by atoms with van der Waals surface area (Å²) >= 11 is 0. The number of aliphatic hydroxyl groups is 2. The van der Waals surface area contributed by atoms with Gasteiger partial charge in [0.25, 0.3) is 0 Å². The molecule has 2 atom stereocenters. The van der Waals surface area contributed by atoms with E-state index in [4.69, 9.17) is 4.52 Å². The van der Waals surface area contributed by atoms with Gasteiger partial charge in [-0.1, -0.05) is 137 Å². The van der Waals surface area contributed by atoms with Gasteiger partial charge in [-0.2, -0.15) is 0 Å². The minimum Gasteiger partial charge on any atom is -0.394 e. The van der Waals surface area contributed by atoms with E-state index >= 15 is 0 Å². The fourth-order valence-corrected chi connectivity index (χ4v) is 5.54. The maximum atomic E-state index is 13.2. The predicted molar refractivity (Wildman–Crippen MR) is 213 cm³/mol. The topological polar surface area (TPSA) is 83.8 Å². The molecule has 0 saturated carbocycles. The molecule has 0 aliphatic heterocycles. The Hall–Kier alpha value is -2.43. The van der Waals surface area contributed by atoms with Crippen molar-refractivity contribution in [1.82, 2.24) is 0 Å². The lowest BCUT2D eigenvalue weighted by atomic mass is 9.83. The highest BCUT2D eigenvalue weighted by Crippen LogP contribution is 2.27. The van der Waals surface area contributed by atoms with Crippen LogP contribution in [0.5, 0.6) is 0 Å². The molecule has 49 heavy (non-hydrogen) atoms. The zero-order chi connectivity index (χ0) is 36.1. The number of aliphatic hydroxyl groups excluding tert-OH is 2. The summed E-state index contributed by atoms with van der Waals surface area (Å²) in [5.41, 5.74) is -2.06. The second kappa shape index (κ2) is 35.4. The zero-order valence-corrected chi connectivity index (χ0v) is 32.0. The molecule has 0 aromatic carbocycles. The minimum absolute atomic E-state index is 0.0758. The third kappa shape index (κ3) is 25.2. The van der Waals surface area contributed by atoms with E-state index in [9.17, 15) is 19.8 Å². The molecule has 2 unspecified atom stereocenters. The van der Waals surface area contributed by atoms with E-state index in [0.29, 0.717) is 25.7 Å². The Morgan fingerprint density at radius 2 is 0.816 bits per heavy atom. The molecular formula is C43H69O5P. The van der Waals surface area contributed by atoms with Crippen LogP contribution in [0, 0.1) is 0 Å². The van der Waals surface area contributed by atoms with Crippen LogP contribution in [0.4, 0.5) is 0 Å². The fourth-order valence-electron chi connectivity index (χ4n) is 5.12. The Labute approximate surface area is 302 Å². The van der Waals surface area contributed by atoms with Crippen molar-refractivity contribution in [3.8, 4) is 0 Å². The molecule has 2 N–H and O–H groups in total. The molecule has 0 aromatic heterocycles. The van der Waals surface area contributed by atoms with Crippen LogP contribution in [0.3, 0.4) is 0 Å². The minimum atomic E-state index is -2.06. The Morgan fingerprint density at radius 3 is 1.08 bits per heavy atom. The van der Waals surface area contributed by atoms with E-state index in [2.05, 4.69) is 98.9 Å². The monoisotopic (exact) mass is 696 g/mol. The second-order valence-corrected chi connectivity index (χ2v) is 12.6. The average Bonchev–Trinajstić information content (AvgIpc) is 3.11. The van der Waals surface area contributed by atoms with Gasteiger partial charge in [-0.15, -0.1) is 0 Å². The molecule has 276 valence electrons. The van der Waals surface area contributed by atoms with Crippen LogP contribution in [0.1, 0.15) is 142 Å². The van der Waals surface area contributed by atoms with Crippen molar-refractivity contribution in [3.05, 3.63) is 97.2 Å². The number of rotatable bonds is 33. The number of ketones is 2. The third-order valence-electron chi connectivity index (χ3n) is 8.12. The number of allylic oxidation sites excluding steroid dienone is 16. The van der Waals surface area contributed by atoms with Gasteiger partial charge in [0.15, 0.2) is 11.6 Å². The van der Waals surface area contributed by atoms with E-state index in [1.807, 2.05) is 21.6 Å². The van der Waals surface area contributed by atoms with Crippen LogP contribution in [-0.2, 0) is 14.1 Å². The molecule has 0 rings (SSSR count). The smallest absolute Gasteiger partial charge is 0.215 e. The van der Waals surface area contributed by atoms with Gasteiger partial charge in [0.05, 0.1) is 6.61 Å². The summed E-state index contributed by atoms with van der Waals surface area (Å²) < 4.78 is 5.32. The molecule has 0 aromatic rings. The summed E-state index contributed by atoms with van der Waals surface area (Å²) in [5.74, 6) is -0.995. The first-order valence-electron chi connectivity index (χ1n) is 18.9. The van der Waals surface area contributed by atoms with Crippen molar-refractivity contribution in [2.75, 3.05) is 6.61 Å². The highest BCUT2D eigenvalue weighted by Gasteiger charge is 2.50. The van der Waals surface area contributed by atoms with Gasteiger partial charge >= 0.3 is 0 Å². The van der Waals surface area contributed by atoms with Gasteiger partial charge in [-0.3, -0.25) is 9.59 Å². The van der Waals surface area contributed by atoms with Gasteiger partial charge < -0.3 is 14.7 Å². The van der Waals surface area contributed by atoms with E-state index in [1.165, 1.54) is 51.4 Å². The lowest BCUT2D eigenvalue weighted by Gasteiger charge is -2.33. The standard InChI is InChI=1S/C43H69O5P/c1-3-5-7-9-11-13-15-17-19-21-23-25-27-29-31-33-35-37-40(45)43(48-49,42(47)39-44)41(46)38-36-34-32-30-28-26-24-22-20-18-16-14-12-10-8-6-4-2/h11-14,17-20,23-26,29-32,42,44,47H,3-10,15-16,21-22,27-28,33-39,49H2,1-2H3. The molecule has 0 amide bonds. The summed E-state index contributed by atoms with van der Waals surface area (Å²) in [6.45, 7) is 3.71. The van der Waals surface area contributed by atoms with Crippen molar-refractivity contribution in [2.24, 2.45) is 0 Å². The van der Waals surface area contributed by atoms with E-state index < -0.39 is 29.9 Å². The van der Waals surface area contributed by atoms with Crippen molar-refractivity contribution in [3.63, 3.8) is 0 Å². The zero-order valence-electron chi connectivity index (χ0n) is 30.9. The molecule has 6 heteroatoms. The highest BCUT2D eigenvalue weighted by atomic mass is 31.0. The van der Waals surface area contributed by atoms with E-state index in [-0.39, 0.29) is 12.8 Å². The number of carbonyl (C=O) groups excluding carboxylic acids is 2. The quantitative estimate of drug-likeness (QED) is 0.0309. The molecule has 0 saturated heterocycles. The first-order valence-corrected chi connectivity index (χ1v) is 19.4. The largest absolute Gasteiger partial charge is 0.394 e. The fraction of sp³-hybridized carbons (Fsp3) is 0.581. The normalized spacial score (nSPS) is 14.8. The molecule has 0 bridgehead atoms. The first kappa shape index (κ1) is 46.6. The van der Waals surface area contributed by atoms with E-state index in [1.54, 1.807) is 0 Å². The van der Waals surface area contributed by atoms with Crippen molar-refractivity contribution < 1.29 is 24.3 Å². The molecule has 0 aliphatic carbocycles. The second-order valence-electron chi connectivity index (χ2n) is 12.4. The van der Waals surface area contributed by atoms with Crippen molar-refractivity contribution >= 4 is 21.0 Å². The van der Waals surface area contributed by atoms with Gasteiger partial charge in [0, 0.05) is 22.3 Å². The first-order chi connectivity index (χ1) is 24.0. The molecular weight excluding hydrogens is 627 g/mol. The van der Waals surface area contributed by atoms with Gasteiger partial charge in [0.2, 0.25) is 5.60 Å². The number of hydrogen-bond acceptors (Lipinski definition) is 5. The number of Topliss-reactive ketones (excluding diaryl/α,β-unsaturated/α-hetero) is 2. The van der Waals surface area contributed by atoms with Crippen molar-refractivity contribution in [2.45, 2.75) is 154 Å². The van der Waals surface area contributed by atoms with Gasteiger partial charge in [-0.25, -0.2) is 0 Å². The number of hydrogen-bond donors (Lipinski definition) is 2. The Morgan fingerprint density at radius 1 is 0.531 bits per heavy atom. The lowest BCUT2D eigenvalue weighted by Crippen LogP contribution is -2.57. The average molecular weight is 697 g/mol. The molecule has 5 nitrogen and oxygen atoms in total.